The summed E-state index contributed by atoms with van der Waals surface area (Å²) in [7, 11) is 3.36. The molecule has 0 saturated heterocycles. The number of hydrogen-bond donors (Lipinski definition) is 1. The van der Waals surface area contributed by atoms with Gasteiger partial charge in [0.15, 0.2) is 0 Å². The zero-order valence-corrected chi connectivity index (χ0v) is 12.6. The highest BCUT2D eigenvalue weighted by Crippen LogP contribution is 2.21. The molecule has 0 saturated carbocycles. The summed E-state index contributed by atoms with van der Waals surface area (Å²) in [5.74, 6) is 0.00196. The van der Waals surface area contributed by atoms with Crippen LogP contribution in [0.2, 0.25) is 10.0 Å². The van der Waals surface area contributed by atoms with Crippen molar-refractivity contribution in [1.29, 1.82) is 0 Å². The Labute approximate surface area is 123 Å². The van der Waals surface area contributed by atoms with Crippen LogP contribution < -0.4 is 5.32 Å². The van der Waals surface area contributed by atoms with E-state index in [1.54, 1.807) is 31.2 Å². The first kappa shape index (κ1) is 16.2. The minimum atomic E-state index is 0.00196. The quantitative estimate of drug-likeness (QED) is 0.785. The van der Waals surface area contributed by atoms with Crippen LogP contribution in [0.5, 0.6) is 0 Å². The average Bonchev–Trinajstić information content (AvgIpc) is 2.37. The Hall–Kier alpha value is -0.810. The van der Waals surface area contributed by atoms with Gasteiger partial charge in [-0.15, -0.1) is 0 Å². The van der Waals surface area contributed by atoms with Crippen molar-refractivity contribution in [3.63, 3.8) is 0 Å². The lowest BCUT2D eigenvalue weighted by Gasteiger charge is -2.18. The fourth-order valence-corrected chi connectivity index (χ4v) is 1.97. The van der Waals surface area contributed by atoms with Crippen molar-refractivity contribution in [2.45, 2.75) is 6.54 Å². The number of benzene rings is 1. The van der Waals surface area contributed by atoms with Crippen LogP contribution in [0.25, 0.3) is 0 Å². The van der Waals surface area contributed by atoms with E-state index in [0.29, 0.717) is 29.7 Å². The molecular formula is C13H18Cl2N2O2. The van der Waals surface area contributed by atoms with Gasteiger partial charge in [-0.05, 0) is 17.7 Å². The second-order valence-corrected chi connectivity index (χ2v) is 5.00. The maximum Gasteiger partial charge on any atom is 0.236 e. The third kappa shape index (κ3) is 5.78. The van der Waals surface area contributed by atoms with Crippen molar-refractivity contribution >= 4 is 29.1 Å². The third-order valence-electron chi connectivity index (χ3n) is 2.61. The summed E-state index contributed by atoms with van der Waals surface area (Å²) in [5, 5.41) is 4.16. The van der Waals surface area contributed by atoms with Gasteiger partial charge in [-0.2, -0.15) is 0 Å². The predicted octanol–water partition coefficient (Wildman–Crippen LogP) is 2.19. The van der Waals surface area contributed by atoms with Crippen LogP contribution >= 0.6 is 23.2 Å². The van der Waals surface area contributed by atoms with Gasteiger partial charge in [0.25, 0.3) is 0 Å². The molecule has 0 aliphatic carbocycles. The van der Waals surface area contributed by atoms with Gasteiger partial charge in [-0.3, -0.25) is 4.79 Å². The highest BCUT2D eigenvalue weighted by Gasteiger charge is 2.10. The van der Waals surface area contributed by atoms with E-state index in [1.807, 2.05) is 6.07 Å². The predicted molar refractivity (Wildman–Crippen MR) is 77.7 cm³/mol. The number of halogens is 2. The maximum absolute atomic E-state index is 11.8. The van der Waals surface area contributed by atoms with Gasteiger partial charge in [-0.25, -0.2) is 0 Å². The van der Waals surface area contributed by atoms with Gasteiger partial charge in [-0.1, -0.05) is 29.3 Å². The smallest absolute Gasteiger partial charge is 0.236 e. The summed E-state index contributed by atoms with van der Waals surface area (Å²) in [6.45, 7) is 1.98. The molecule has 0 aliphatic rings. The fourth-order valence-electron chi connectivity index (χ4n) is 1.50. The Bertz CT molecular complexity index is 427. The van der Waals surface area contributed by atoms with Crippen molar-refractivity contribution in [3.05, 3.63) is 33.8 Å². The number of nitrogens with zero attached hydrogens (tertiary/aromatic N) is 1. The number of methoxy groups -OCH3 is 1. The Morgan fingerprint density at radius 3 is 2.79 bits per heavy atom. The van der Waals surface area contributed by atoms with E-state index >= 15 is 0 Å². The van der Waals surface area contributed by atoms with Crippen molar-refractivity contribution < 1.29 is 9.53 Å². The first-order valence-corrected chi connectivity index (χ1v) is 6.67. The summed E-state index contributed by atoms with van der Waals surface area (Å²) in [6, 6.07) is 5.26. The number of likely N-dealkylation sites (N-methyl/N-ethyl adjacent to an activating group) is 1. The maximum atomic E-state index is 11.8. The lowest BCUT2D eigenvalue weighted by Crippen LogP contribution is -2.36. The fraction of sp³-hybridized carbons (Fsp3) is 0.462. The van der Waals surface area contributed by atoms with E-state index < -0.39 is 0 Å². The van der Waals surface area contributed by atoms with E-state index in [2.05, 4.69) is 5.32 Å². The minimum absolute atomic E-state index is 0.00196. The molecule has 0 unspecified atom stereocenters. The van der Waals surface area contributed by atoms with E-state index in [-0.39, 0.29) is 12.5 Å². The highest BCUT2D eigenvalue weighted by atomic mass is 35.5. The van der Waals surface area contributed by atoms with Crippen molar-refractivity contribution in [2.75, 3.05) is 33.9 Å². The largest absolute Gasteiger partial charge is 0.383 e. The molecule has 1 aromatic rings. The first-order chi connectivity index (χ1) is 9.04. The summed E-state index contributed by atoms with van der Waals surface area (Å²) in [6.07, 6.45) is 0. The highest BCUT2D eigenvalue weighted by molar-refractivity contribution is 6.35. The second kappa shape index (κ2) is 8.38. The molecule has 4 nitrogen and oxygen atoms in total. The summed E-state index contributed by atoms with van der Waals surface area (Å²) >= 11 is 11.9. The number of hydrogen-bond acceptors (Lipinski definition) is 3. The number of nitrogens with one attached hydrogen (secondary N) is 1. The normalized spacial score (nSPS) is 10.5. The van der Waals surface area contributed by atoms with Crippen LogP contribution in [0.15, 0.2) is 18.2 Å². The minimum Gasteiger partial charge on any atom is -0.383 e. The third-order valence-corrected chi connectivity index (χ3v) is 3.19. The number of carbonyl (C=O) groups is 1. The molecule has 1 amide bonds. The summed E-state index contributed by atoms with van der Waals surface area (Å²) in [4.78, 5) is 13.5. The Morgan fingerprint density at radius 1 is 1.42 bits per heavy atom. The summed E-state index contributed by atoms with van der Waals surface area (Å²) in [5.41, 5.74) is 0.874. The average molecular weight is 305 g/mol. The molecule has 1 N–H and O–H groups in total. The molecule has 1 rings (SSSR count). The first-order valence-electron chi connectivity index (χ1n) is 5.92. The zero-order chi connectivity index (χ0) is 14.3. The number of amides is 1. The van der Waals surface area contributed by atoms with E-state index in [9.17, 15) is 4.79 Å². The van der Waals surface area contributed by atoms with E-state index in [1.165, 1.54) is 0 Å². The van der Waals surface area contributed by atoms with Gasteiger partial charge in [0, 0.05) is 37.3 Å². The molecule has 0 aliphatic heterocycles. The van der Waals surface area contributed by atoms with Crippen LogP contribution in [0.3, 0.4) is 0 Å². The van der Waals surface area contributed by atoms with Gasteiger partial charge >= 0.3 is 0 Å². The Kier molecular flexibility index (Phi) is 7.16. The molecule has 0 atom stereocenters. The second-order valence-electron chi connectivity index (χ2n) is 4.16. The number of carbonyl (C=O) groups excluding carboxylic acids is 1. The molecule has 0 spiro atoms. The van der Waals surface area contributed by atoms with Gasteiger partial charge in [0.1, 0.15) is 0 Å². The monoisotopic (exact) mass is 304 g/mol. The molecule has 19 heavy (non-hydrogen) atoms. The zero-order valence-electron chi connectivity index (χ0n) is 11.1. The van der Waals surface area contributed by atoms with Crippen molar-refractivity contribution in [2.24, 2.45) is 0 Å². The lowest BCUT2D eigenvalue weighted by atomic mass is 10.2. The van der Waals surface area contributed by atoms with Crippen LogP contribution in [-0.4, -0.2) is 44.7 Å². The van der Waals surface area contributed by atoms with E-state index in [4.69, 9.17) is 27.9 Å². The SMILES string of the molecule is COCCNCC(=O)N(C)Cc1ccc(Cl)cc1Cl. The van der Waals surface area contributed by atoms with Crippen LogP contribution in [0, 0.1) is 0 Å². The number of rotatable bonds is 7. The molecule has 6 heteroatoms. The van der Waals surface area contributed by atoms with Crippen LogP contribution in [0.1, 0.15) is 5.56 Å². The summed E-state index contributed by atoms with van der Waals surface area (Å²) < 4.78 is 4.89. The molecule has 1 aromatic carbocycles. The Morgan fingerprint density at radius 2 is 2.16 bits per heavy atom. The molecule has 0 bridgehead atoms. The van der Waals surface area contributed by atoms with Crippen LogP contribution in [0.4, 0.5) is 0 Å². The van der Waals surface area contributed by atoms with Crippen molar-refractivity contribution in [1.82, 2.24) is 10.2 Å². The van der Waals surface area contributed by atoms with Gasteiger partial charge < -0.3 is 15.0 Å². The molecule has 106 valence electrons. The molecule has 0 heterocycles. The van der Waals surface area contributed by atoms with E-state index in [0.717, 1.165) is 5.56 Å². The molecule has 0 fully saturated rings. The van der Waals surface area contributed by atoms with Crippen LogP contribution in [-0.2, 0) is 16.1 Å². The van der Waals surface area contributed by atoms with Gasteiger partial charge in [0.2, 0.25) is 5.91 Å². The Balaban J connectivity index is 2.45. The van der Waals surface area contributed by atoms with Crippen molar-refractivity contribution in [3.8, 4) is 0 Å². The molecule has 0 radical (unpaired) electrons. The lowest BCUT2D eigenvalue weighted by molar-refractivity contribution is -0.129. The standard InChI is InChI=1S/C13H18Cl2N2O2/c1-17(13(18)8-16-5-6-19-2)9-10-3-4-11(14)7-12(10)15/h3-4,7,16H,5-6,8-9H2,1-2H3. The van der Waals surface area contributed by atoms with Gasteiger partial charge in [0.05, 0.1) is 13.2 Å². The molecule has 0 aromatic heterocycles. The molecular weight excluding hydrogens is 287 g/mol. The topological polar surface area (TPSA) is 41.6 Å². The number of ether oxygens (including phenoxy) is 1.